The zero-order valence-electron chi connectivity index (χ0n) is 9.43. The second-order valence-corrected chi connectivity index (χ2v) is 4.28. The summed E-state index contributed by atoms with van der Waals surface area (Å²) in [5.41, 5.74) is 10.8. The number of aliphatic hydroxyl groups excluding tert-OH is 1. The number of anilines is 2. The maximum Gasteiger partial charge on any atom is 0.225 e. The van der Waals surface area contributed by atoms with E-state index in [2.05, 4.69) is 9.97 Å². The largest absolute Gasteiger partial charge is 0.475 e. The van der Waals surface area contributed by atoms with E-state index in [1.54, 1.807) is 0 Å². The van der Waals surface area contributed by atoms with E-state index in [4.69, 9.17) is 35.8 Å². The summed E-state index contributed by atoms with van der Waals surface area (Å²) in [4.78, 5) is 24.8. The van der Waals surface area contributed by atoms with Gasteiger partial charge in [0.05, 0.1) is 6.61 Å². The molecule has 0 bridgehead atoms. The van der Waals surface area contributed by atoms with E-state index in [1.165, 1.54) is 6.07 Å². The molecule has 0 aliphatic carbocycles. The summed E-state index contributed by atoms with van der Waals surface area (Å²) >= 11 is 0. The Labute approximate surface area is 104 Å². The molecule has 0 aliphatic rings. The Balaban J connectivity index is 2.46. The van der Waals surface area contributed by atoms with Crippen LogP contribution in [0, 0.1) is 0 Å². The fourth-order valence-corrected chi connectivity index (χ4v) is 1.38. The molecule has 0 saturated heterocycles. The zero-order valence-corrected chi connectivity index (χ0v) is 10.3. The molecule has 1 aromatic rings. The molecule has 1 unspecified atom stereocenters. The first-order valence-electron chi connectivity index (χ1n) is 4.92. The van der Waals surface area contributed by atoms with Crippen LogP contribution in [0.4, 0.5) is 11.8 Å². The number of hydrogen-bond donors (Lipinski definition) is 5. The molecule has 1 atom stereocenters. The van der Waals surface area contributed by atoms with Crippen molar-refractivity contribution in [2.45, 2.75) is 6.10 Å². The molecule has 10 heteroatoms. The van der Waals surface area contributed by atoms with Crippen molar-refractivity contribution in [2.75, 3.05) is 31.0 Å². The van der Waals surface area contributed by atoms with Gasteiger partial charge in [-0.15, -0.1) is 0 Å². The lowest BCUT2D eigenvalue weighted by molar-refractivity contribution is 0.00311. The van der Waals surface area contributed by atoms with Crippen LogP contribution in [-0.2, 0) is 4.74 Å². The molecule has 1 aromatic heterocycles. The number of nitrogen functional groups attached to an aromatic ring is 2. The summed E-state index contributed by atoms with van der Waals surface area (Å²) < 4.78 is 10.2. The topological polar surface area (TPSA) is 157 Å². The van der Waals surface area contributed by atoms with Gasteiger partial charge < -0.3 is 35.8 Å². The van der Waals surface area contributed by atoms with E-state index in [0.717, 1.165) is 0 Å². The highest BCUT2D eigenvalue weighted by Gasteiger charge is 2.12. The van der Waals surface area contributed by atoms with Crippen LogP contribution in [0.5, 0.6) is 5.88 Å². The molecule has 0 fully saturated rings. The summed E-state index contributed by atoms with van der Waals surface area (Å²) in [5.74, 6) is 0.284. The van der Waals surface area contributed by atoms with Crippen LogP contribution in [0.15, 0.2) is 6.07 Å². The molecule has 0 radical (unpaired) electrons. The van der Waals surface area contributed by atoms with E-state index in [1.807, 2.05) is 0 Å². The van der Waals surface area contributed by atoms with Crippen molar-refractivity contribution in [2.24, 2.45) is 0 Å². The maximum absolute atomic E-state index is 8.98. The molecular weight excluding hydrogens is 263 g/mol. The first-order valence-corrected chi connectivity index (χ1v) is 6.35. The molecule has 9 nitrogen and oxygen atoms in total. The SMILES string of the molecule is Nc1cc(OCC(CO)OCP(O)O)nc(N)n1. The third-order valence-electron chi connectivity index (χ3n) is 1.79. The first kappa shape index (κ1) is 14.8. The monoisotopic (exact) mass is 278 g/mol. The van der Waals surface area contributed by atoms with E-state index in [0.29, 0.717) is 0 Å². The van der Waals surface area contributed by atoms with Crippen LogP contribution in [0.2, 0.25) is 0 Å². The van der Waals surface area contributed by atoms with Gasteiger partial charge >= 0.3 is 0 Å². The Morgan fingerprint density at radius 3 is 2.61 bits per heavy atom. The van der Waals surface area contributed by atoms with Gasteiger partial charge in [-0.25, -0.2) is 0 Å². The second-order valence-electron chi connectivity index (χ2n) is 3.27. The minimum absolute atomic E-state index is 0.0271. The molecular formula is C8H15N4O5P. The number of hydrogen-bond acceptors (Lipinski definition) is 9. The molecule has 102 valence electrons. The summed E-state index contributed by atoms with van der Waals surface area (Å²) in [6.45, 7) is -0.366. The first-order chi connectivity index (χ1) is 8.51. The summed E-state index contributed by atoms with van der Waals surface area (Å²) in [6, 6.07) is 1.37. The van der Waals surface area contributed by atoms with Gasteiger partial charge in [0.15, 0.2) is 8.38 Å². The summed E-state index contributed by atoms with van der Waals surface area (Å²) in [5, 5.41) is 8.98. The van der Waals surface area contributed by atoms with Gasteiger partial charge in [0.25, 0.3) is 0 Å². The van der Waals surface area contributed by atoms with Crippen LogP contribution >= 0.6 is 8.38 Å². The van der Waals surface area contributed by atoms with Crippen molar-refractivity contribution in [1.82, 2.24) is 9.97 Å². The van der Waals surface area contributed by atoms with Crippen LogP contribution < -0.4 is 16.2 Å². The standard InChI is InChI=1S/C8H15N4O5P/c9-6-1-7(12-8(10)11-6)16-3-5(2-13)17-4-18(14)15/h1,5,13-15H,2-4H2,(H4,9,10,11,12). The molecule has 1 heterocycles. The van der Waals surface area contributed by atoms with Crippen molar-refractivity contribution < 1.29 is 24.4 Å². The Kier molecular flexibility index (Phi) is 5.96. The highest BCUT2D eigenvalue weighted by atomic mass is 31.2. The number of rotatable bonds is 7. The highest BCUT2D eigenvalue weighted by molar-refractivity contribution is 7.44. The number of aliphatic hydroxyl groups is 1. The Bertz CT molecular complexity index is 360. The molecule has 0 spiro atoms. The molecule has 0 saturated carbocycles. The van der Waals surface area contributed by atoms with Gasteiger partial charge in [0.1, 0.15) is 24.9 Å². The van der Waals surface area contributed by atoms with E-state index in [-0.39, 0.29) is 37.2 Å². The lowest BCUT2D eigenvalue weighted by atomic mass is 10.4. The van der Waals surface area contributed by atoms with Crippen LogP contribution in [0.1, 0.15) is 0 Å². The minimum atomic E-state index is -2.17. The third kappa shape index (κ3) is 5.39. The smallest absolute Gasteiger partial charge is 0.225 e. The maximum atomic E-state index is 8.98. The van der Waals surface area contributed by atoms with Crippen LogP contribution in [0.25, 0.3) is 0 Å². The van der Waals surface area contributed by atoms with Gasteiger partial charge in [-0.3, -0.25) is 0 Å². The lowest BCUT2D eigenvalue weighted by Gasteiger charge is -2.16. The van der Waals surface area contributed by atoms with Crippen molar-refractivity contribution in [3.8, 4) is 5.88 Å². The molecule has 1 rings (SSSR count). The lowest BCUT2D eigenvalue weighted by Crippen LogP contribution is -2.26. The quantitative estimate of drug-likeness (QED) is 0.380. The normalized spacial score (nSPS) is 12.7. The number of aromatic nitrogens is 2. The number of ether oxygens (including phenoxy) is 2. The molecule has 7 N–H and O–H groups in total. The molecule has 0 aliphatic heterocycles. The zero-order chi connectivity index (χ0) is 13.5. The van der Waals surface area contributed by atoms with Gasteiger partial charge in [-0.05, 0) is 0 Å². The predicted octanol–water partition coefficient (Wildman–Crippen LogP) is -1.35. The molecule has 0 amide bonds. The van der Waals surface area contributed by atoms with Crippen molar-refractivity contribution >= 4 is 20.1 Å². The van der Waals surface area contributed by atoms with Crippen molar-refractivity contribution in [1.29, 1.82) is 0 Å². The third-order valence-corrected chi connectivity index (χ3v) is 2.17. The highest BCUT2D eigenvalue weighted by Crippen LogP contribution is 2.23. The van der Waals surface area contributed by atoms with E-state index in [9.17, 15) is 0 Å². The average molecular weight is 278 g/mol. The Morgan fingerprint density at radius 2 is 2.06 bits per heavy atom. The van der Waals surface area contributed by atoms with Gasteiger partial charge in [0.2, 0.25) is 11.8 Å². The Morgan fingerprint density at radius 1 is 1.33 bits per heavy atom. The summed E-state index contributed by atoms with van der Waals surface area (Å²) in [7, 11) is -2.17. The van der Waals surface area contributed by atoms with E-state index >= 15 is 0 Å². The van der Waals surface area contributed by atoms with E-state index < -0.39 is 14.5 Å². The van der Waals surface area contributed by atoms with Crippen molar-refractivity contribution in [3.05, 3.63) is 6.07 Å². The fourth-order valence-electron chi connectivity index (χ4n) is 1.04. The molecule has 18 heavy (non-hydrogen) atoms. The fraction of sp³-hybridized carbons (Fsp3) is 0.500. The minimum Gasteiger partial charge on any atom is -0.475 e. The van der Waals surface area contributed by atoms with Crippen LogP contribution in [-0.4, -0.2) is 50.5 Å². The Hall–Kier alpha value is -1.25. The van der Waals surface area contributed by atoms with Gasteiger partial charge in [-0.2, -0.15) is 9.97 Å². The molecule has 0 aromatic carbocycles. The van der Waals surface area contributed by atoms with Gasteiger partial charge in [0, 0.05) is 6.07 Å². The second kappa shape index (κ2) is 7.24. The number of nitrogens with two attached hydrogens (primary N) is 2. The summed E-state index contributed by atoms with van der Waals surface area (Å²) in [6.07, 6.45) is -0.968. The van der Waals surface area contributed by atoms with Crippen molar-refractivity contribution in [3.63, 3.8) is 0 Å². The number of nitrogens with zero attached hydrogens (tertiary/aromatic N) is 2. The predicted molar refractivity (Wildman–Crippen MR) is 64.5 cm³/mol. The van der Waals surface area contributed by atoms with Gasteiger partial charge in [-0.1, -0.05) is 0 Å². The van der Waals surface area contributed by atoms with Crippen LogP contribution in [0.3, 0.4) is 0 Å². The average Bonchev–Trinajstić information content (AvgIpc) is 2.27.